The van der Waals surface area contributed by atoms with Crippen LogP contribution in [-0.2, 0) is 4.74 Å². The van der Waals surface area contributed by atoms with Crippen molar-refractivity contribution in [2.75, 3.05) is 59.1 Å². The van der Waals surface area contributed by atoms with Crippen LogP contribution in [0.25, 0.3) is 0 Å². The van der Waals surface area contributed by atoms with Crippen LogP contribution in [0.3, 0.4) is 0 Å². The Labute approximate surface area is 139 Å². The fourth-order valence-corrected chi connectivity index (χ4v) is 2.95. The molecule has 0 amide bonds. The number of aliphatic hydroxyl groups excluding tert-OH is 2. The van der Waals surface area contributed by atoms with Crippen molar-refractivity contribution in [2.24, 2.45) is 0 Å². The molecular weight excluding hydrogens is 292 g/mol. The van der Waals surface area contributed by atoms with Crippen molar-refractivity contribution in [1.82, 2.24) is 9.80 Å². The zero-order chi connectivity index (χ0) is 16.5. The van der Waals surface area contributed by atoms with Crippen molar-refractivity contribution in [3.8, 4) is 0 Å². The second kappa shape index (κ2) is 10.0. The van der Waals surface area contributed by atoms with E-state index in [1.165, 1.54) is 5.56 Å². The van der Waals surface area contributed by atoms with Crippen molar-refractivity contribution in [1.29, 1.82) is 0 Å². The topological polar surface area (TPSA) is 56.2 Å². The van der Waals surface area contributed by atoms with Gasteiger partial charge in [0, 0.05) is 45.2 Å². The molecule has 0 spiro atoms. The number of ether oxygens (including phenoxy) is 1. The third kappa shape index (κ3) is 6.57. The van der Waals surface area contributed by atoms with Crippen LogP contribution < -0.4 is 0 Å². The van der Waals surface area contributed by atoms with E-state index in [1.807, 2.05) is 18.2 Å². The zero-order valence-electron chi connectivity index (χ0n) is 14.1. The molecule has 2 rings (SSSR count). The van der Waals surface area contributed by atoms with Gasteiger partial charge in [0.15, 0.2) is 0 Å². The van der Waals surface area contributed by atoms with Crippen LogP contribution >= 0.6 is 0 Å². The highest BCUT2D eigenvalue weighted by Crippen LogP contribution is 2.14. The van der Waals surface area contributed by atoms with Gasteiger partial charge in [-0.1, -0.05) is 37.3 Å². The Morgan fingerprint density at radius 1 is 1.04 bits per heavy atom. The SMILES string of the molecule is C[C@@H](COC[C@H](O)CN1CCN(CCO)CC1)c1ccccc1. The predicted octanol–water partition coefficient (Wildman–Crippen LogP) is 0.778. The summed E-state index contributed by atoms with van der Waals surface area (Å²) in [5.41, 5.74) is 1.27. The number of piperazine rings is 1. The molecule has 1 fully saturated rings. The number of nitrogens with zero attached hydrogens (tertiary/aromatic N) is 2. The van der Waals surface area contributed by atoms with Crippen molar-refractivity contribution in [2.45, 2.75) is 18.9 Å². The van der Waals surface area contributed by atoms with Gasteiger partial charge in [-0.05, 0) is 5.56 Å². The summed E-state index contributed by atoms with van der Waals surface area (Å²) in [6, 6.07) is 10.3. The lowest BCUT2D eigenvalue weighted by molar-refractivity contribution is 0.00325. The number of rotatable bonds is 9. The van der Waals surface area contributed by atoms with E-state index in [0.717, 1.165) is 32.7 Å². The maximum Gasteiger partial charge on any atom is 0.0900 e. The van der Waals surface area contributed by atoms with Crippen molar-refractivity contribution in [3.63, 3.8) is 0 Å². The van der Waals surface area contributed by atoms with Crippen molar-refractivity contribution < 1.29 is 14.9 Å². The van der Waals surface area contributed by atoms with E-state index in [9.17, 15) is 5.11 Å². The van der Waals surface area contributed by atoms with Crippen LogP contribution in [0.2, 0.25) is 0 Å². The van der Waals surface area contributed by atoms with E-state index in [4.69, 9.17) is 9.84 Å². The van der Waals surface area contributed by atoms with Gasteiger partial charge in [-0.2, -0.15) is 0 Å². The van der Waals surface area contributed by atoms with E-state index in [1.54, 1.807) is 0 Å². The second-order valence-corrected chi connectivity index (χ2v) is 6.37. The fourth-order valence-electron chi connectivity index (χ4n) is 2.95. The van der Waals surface area contributed by atoms with Crippen LogP contribution in [-0.4, -0.2) is 85.2 Å². The quantitative estimate of drug-likeness (QED) is 0.704. The summed E-state index contributed by atoms with van der Waals surface area (Å²) in [6.45, 7) is 8.58. The minimum absolute atomic E-state index is 0.218. The minimum Gasteiger partial charge on any atom is -0.395 e. The summed E-state index contributed by atoms with van der Waals surface area (Å²) in [7, 11) is 0. The van der Waals surface area contributed by atoms with Gasteiger partial charge in [0.1, 0.15) is 0 Å². The molecule has 1 saturated heterocycles. The van der Waals surface area contributed by atoms with Crippen molar-refractivity contribution in [3.05, 3.63) is 35.9 Å². The average molecular weight is 322 g/mol. The van der Waals surface area contributed by atoms with Gasteiger partial charge in [0.2, 0.25) is 0 Å². The molecule has 23 heavy (non-hydrogen) atoms. The molecule has 0 aromatic heterocycles. The fraction of sp³-hybridized carbons (Fsp3) is 0.667. The van der Waals surface area contributed by atoms with Gasteiger partial charge in [0.25, 0.3) is 0 Å². The second-order valence-electron chi connectivity index (χ2n) is 6.37. The van der Waals surface area contributed by atoms with E-state index >= 15 is 0 Å². The monoisotopic (exact) mass is 322 g/mol. The summed E-state index contributed by atoms with van der Waals surface area (Å²) in [4.78, 5) is 4.52. The summed E-state index contributed by atoms with van der Waals surface area (Å²) in [6.07, 6.45) is -0.442. The summed E-state index contributed by atoms with van der Waals surface area (Å²) in [5, 5.41) is 19.1. The predicted molar refractivity (Wildman–Crippen MR) is 91.6 cm³/mol. The number of aliphatic hydroxyl groups is 2. The van der Waals surface area contributed by atoms with E-state index in [0.29, 0.717) is 25.7 Å². The van der Waals surface area contributed by atoms with Gasteiger partial charge in [-0.15, -0.1) is 0 Å². The molecule has 0 bridgehead atoms. The normalized spacial score (nSPS) is 19.6. The highest BCUT2D eigenvalue weighted by atomic mass is 16.5. The first-order chi connectivity index (χ1) is 11.2. The van der Waals surface area contributed by atoms with Crippen LogP contribution in [0.4, 0.5) is 0 Å². The Hall–Kier alpha value is -0.980. The van der Waals surface area contributed by atoms with Gasteiger partial charge in [0.05, 0.1) is 25.9 Å². The average Bonchev–Trinajstić information content (AvgIpc) is 2.57. The van der Waals surface area contributed by atoms with E-state index in [-0.39, 0.29) is 6.61 Å². The van der Waals surface area contributed by atoms with Crippen LogP contribution in [0.5, 0.6) is 0 Å². The molecule has 0 saturated carbocycles. The Bertz CT molecular complexity index is 422. The maximum atomic E-state index is 10.1. The standard InChI is InChI=1S/C18H30N2O3/c1-16(17-5-3-2-4-6-17)14-23-15-18(22)13-20-9-7-19(8-10-20)11-12-21/h2-6,16,18,21-22H,7-15H2,1H3/t16-,18+/m0/s1. The summed E-state index contributed by atoms with van der Waals surface area (Å²) >= 11 is 0. The van der Waals surface area contributed by atoms with E-state index in [2.05, 4.69) is 28.9 Å². The van der Waals surface area contributed by atoms with Gasteiger partial charge >= 0.3 is 0 Å². The molecule has 0 radical (unpaired) electrons. The first-order valence-corrected chi connectivity index (χ1v) is 8.55. The molecule has 1 aliphatic heterocycles. The van der Waals surface area contributed by atoms with Crippen LogP contribution in [0.15, 0.2) is 30.3 Å². The Morgan fingerprint density at radius 2 is 1.70 bits per heavy atom. The molecule has 0 aliphatic carbocycles. The largest absolute Gasteiger partial charge is 0.395 e. The molecule has 130 valence electrons. The van der Waals surface area contributed by atoms with Gasteiger partial charge in [-0.25, -0.2) is 0 Å². The van der Waals surface area contributed by atoms with Crippen LogP contribution in [0, 0.1) is 0 Å². The number of benzene rings is 1. The molecule has 0 unspecified atom stereocenters. The number of β-amino-alcohol motifs (C(OH)–C–C–N with tert-alkyl or cyclic N) is 2. The lowest BCUT2D eigenvalue weighted by Crippen LogP contribution is -2.49. The number of hydrogen-bond donors (Lipinski definition) is 2. The number of hydrogen-bond acceptors (Lipinski definition) is 5. The highest BCUT2D eigenvalue weighted by molar-refractivity contribution is 5.18. The summed E-state index contributed by atoms with van der Waals surface area (Å²) in [5.74, 6) is 0.338. The lowest BCUT2D eigenvalue weighted by atomic mass is 10.0. The van der Waals surface area contributed by atoms with Crippen LogP contribution in [0.1, 0.15) is 18.4 Å². The molecule has 1 heterocycles. The third-order valence-electron chi connectivity index (χ3n) is 4.40. The molecule has 2 atom stereocenters. The lowest BCUT2D eigenvalue weighted by Gasteiger charge is -2.35. The Morgan fingerprint density at radius 3 is 2.35 bits per heavy atom. The van der Waals surface area contributed by atoms with Crippen molar-refractivity contribution >= 4 is 0 Å². The minimum atomic E-state index is -0.442. The Kier molecular flexibility index (Phi) is 7.99. The maximum absolute atomic E-state index is 10.1. The zero-order valence-corrected chi connectivity index (χ0v) is 14.1. The third-order valence-corrected chi connectivity index (χ3v) is 4.40. The molecule has 5 heteroatoms. The first-order valence-electron chi connectivity index (χ1n) is 8.55. The molecule has 1 aromatic carbocycles. The van der Waals surface area contributed by atoms with Gasteiger partial charge in [-0.3, -0.25) is 9.80 Å². The summed E-state index contributed by atoms with van der Waals surface area (Å²) < 4.78 is 5.69. The Balaban J connectivity index is 1.59. The molecule has 1 aromatic rings. The molecule has 5 nitrogen and oxygen atoms in total. The smallest absolute Gasteiger partial charge is 0.0900 e. The molecule has 1 aliphatic rings. The highest BCUT2D eigenvalue weighted by Gasteiger charge is 2.19. The van der Waals surface area contributed by atoms with Gasteiger partial charge < -0.3 is 14.9 Å². The molecule has 2 N–H and O–H groups in total. The first kappa shape index (κ1) is 18.4. The van der Waals surface area contributed by atoms with E-state index < -0.39 is 6.10 Å². The molecular formula is C18H30N2O3.